The van der Waals surface area contributed by atoms with Gasteiger partial charge in [0.2, 0.25) is 0 Å². The summed E-state index contributed by atoms with van der Waals surface area (Å²) in [7, 11) is 1.88. The van der Waals surface area contributed by atoms with Gasteiger partial charge >= 0.3 is 0 Å². The second-order valence-electron chi connectivity index (χ2n) is 7.17. The minimum Gasteiger partial charge on any atom is -0.506 e. The van der Waals surface area contributed by atoms with Gasteiger partial charge < -0.3 is 19.5 Å². The minimum absolute atomic E-state index is 0.115. The fourth-order valence-electron chi connectivity index (χ4n) is 3.83. The van der Waals surface area contributed by atoms with Gasteiger partial charge in [0.15, 0.2) is 11.6 Å². The predicted octanol–water partition coefficient (Wildman–Crippen LogP) is 1.77. The van der Waals surface area contributed by atoms with Gasteiger partial charge in [0.05, 0.1) is 37.2 Å². The standard InChI is InChI=1S/C22H23N5O/c1-25-20-10-6-5-9-19(20)24-22(25)18(15-23)21(28)16-26-11-13-27(14-12-26)17-7-3-2-4-8-17/h2-10,28H,11-14,16H2,1H3/p+1/b21-18-. The van der Waals surface area contributed by atoms with Crippen molar-refractivity contribution in [3.63, 3.8) is 0 Å². The van der Waals surface area contributed by atoms with Gasteiger partial charge in [0.25, 0.3) is 0 Å². The highest BCUT2D eigenvalue weighted by Gasteiger charge is 2.24. The van der Waals surface area contributed by atoms with Crippen molar-refractivity contribution in [2.75, 3.05) is 37.6 Å². The van der Waals surface area contributed by atoms with Crippen LogP contribution in [0.2, 0.25) is 0 Å². The molecule has 0 amide bonds. The highest BCUT2D eigenvalue weighted by atomic mass is 16.3. The van der Waals surface area contributed by atoms with Crippen molar-refractivity contribution >= 4 is 22.3 Å². The third kappa shape index (κ3) is 3.45. The first-order valence-electron chi connectivity index (χ1n) is 9.55. The number of imidazole rings is 1. The molecule has 0 atom stereocenters. The second kappa shape index (κ2) is 7.75. The van der Waals surface area contributed by atoms with Crippen LogP contribution in [0.4, 0.5) is 5.69 Å². The molecular weight excluding hydrogens is 350 g/mol. The van der Waals surface area contributed by atoms with Gasteiger partial charge in [-0.1, -0.05) is 30.3 Å². The number of nitrogens with one attached hydrogen (secondary N) is 1. The summed E-state index contributed by atoms with van der Waals surface area (Å²) in [5.74, 6) is 0.632. The zero-order valence-electron chi connectivity index (χ0n) is 16.0. The summed E-state index contributed by atoms with van der Waals surface area (Å²) in [6, 6.07) is 20.3. The van der Waals surface area contributed by atoms with Crippen molar-refractivity contribution in [2.24, 2.45) is 7.05 Å². The van der Waals surface area contributed by atoms with Crippen molar-refractivity contribution in [3.05, 3.63) is 66.2 Å². The van der Waals surface area contributed by atoms with Crippen molar-refractivity contribution in [1.82, 2.24) is 9.55 Å². The molecule has 2 aromatic carbocycles. The lowest BCUT2D eigenvalue weighted by Crippen LogP contribution is -3.15. The van der Waals surface area contributed by atoms with E-state index in [4.69, 9.17) is 0 Å². The molecule has 0 aliphatic carbocycles. The van der Waals surface area contributed by atoms with Gasteiger partial charge in [-0.2, -0.15) is 5.26 Å². The smallest absolute Gasteiger partial charge is 0.169 e. The van der Waals surface area contributed by atoms with Gasteiger partial charge in [-0.3, -0.25) is 0 Å². The molecule has 1 fully saturated rings. The molecule has 0 spiro atoms. The van der Waals surface area contributed by atoms with Gasteiger partial charge in [-0.05, 0) is 24.3 Å². The Labute approximate surface area is 164 Å². The summed E-state index contributed by atoms with van der Waals surface area (Å²) < 4.78 is 1.87. The van der Waals surface area contributed by atoms with E-state index in [9.17, 15) is 10.4 Å². The van der Waals surface area contributed by atoms with Gasteiger partial charge in [-0.25, -0.2) is 4.98 Å². The summed E-state index contributed by atoms with van der Waals surface area (Å²) >= 11 is 0. The number of aliphatic hydroxyl groups excluding tert-OH is 1. The molecule has 0 radical (unpaired) electrons. The number of hydrogen-bond acceptors (Lipinski definition) is 4. The molecule has 2 N–H and O–H groups in total. The van der Waals surface area contributed by atoms with Crippen LogP contribution in [0.5, 0.6) is 0 Å². The summed E-state index contributed by atoms with van der Waals surface area (Å²) in [4.78, 5) is 8.19. The second-order valence-corrected chi connectivity index (χ2v) is 7.17. The molecule has 0 unspecified atom stereocenters. The number of aliphatic hydroxyl groups is 1. The van der Waals surface area contributed by atoms with Crippen molar-refractivity contribution < 1.29 is 10.0 Å². The summed E-state index contributed by atoms with van der Waals surface area (Å²) in [5.41, 5.74) is 3.27. The number of aromatic nitrogens is 2. The highest BCUT2D eigenvalue weighted by molar-refractivity contribution is 5.83. The summed E-state index contributed by atoms with van der Waals surface area (Å²) in [6.07, 6.45) is 0. The summed E-state index contributed by atoms with van der Waals surface area (Å²) in [6.45, 7) is 4.14. The van der Waals surface area contributed by atoms with E-state index < -0.39 is 0 Å². The van der Waals surface area contributed by atoms with Gasteiger partial charge in [0.1, 0.15) is 18.2 Å². The van der Waals surface area contributed by atoms with Crippen molar-refractivity contribution in [2.45, 2.75) is 0 Å². The number of piperazine rings is 1. The zero-order chi connectivity index (χ0) is 19.5. The molecule has 0 saturated carbocycles. The van der Waals surface area contributed by atoms with E-state index in [1.54, 1.807) is 0 Å². The lowest BCUT2D eigenvalue weighted by Gasteiger charge is -2.33. The molecule has 28 heavy (non-hydrogen) atoms. The van der Waals surface area contributed by atoms with E-state index in [0.29, 0.717) is 12.4 Å². The number of benzene rings is 2. The lowest BCUT2D eigenvalue weighted by molar-refractivity contribution is -0.897. The van der Waals surface area contributed by atoms with Crippen molar-refractivity contribution in [3.8, 4) is 6.07 Å². The van der Waals surface area contributed by atoms with Crippen LogP contribution >= 0.6 is 0 Å². The Hall–Kier alpha value is -3.30. The van der Waals surface area contributed by atoms with Crippen LogP contribution in [0.15, 0.2) is 60.4 Å². The zero-order valence-corrected chi connectivity index (χ0v) is 16.0. The maximum atomic E-state index is 10.7. The molecule has 1 aromatic heterocycles. The Kier molecular flexibility index (Phi) is 5.00. The number of fused-ring (bicyclic) bond motifs is 1. The fourth-order valence-corrected chi connectivity index (χ4v) is 3.83. The Morgan fingerprint density at radius 1 is 1.11 bits per heavy atom. The van der Waals surface area contributed by atoms with Crippen LogP contribution in [0.25, 0.3) is 16.6 Å². The van der Waals surface area contributed by atoms with E-state index in [1.807, 2.05) is 41.9 Å². The monoisotopic (exact) mass is 374 g/mol. The molecule has 3 aromatic rings. The van der Waals surface area contributed by atoms with Gasteiger partial charge in [0, 0.05) is 12.7 Å². The third-order valence-corrected chi connectivity index (χ3v) is 5.42. The number of nitriles is 1. The molecule has 1 aliphatic heterocycles. The quantitative estimate of drug-likeness (QED) is 0.539. The normalized spacial score (nSPS) is 16.1. The molecule has 4 rings (SSSR count). The fraction of sp³-hybridized carbons (Fsp3) is 0.273. The van der Waals surface area contributed by atoms with Crippen LogP contribution < -0.4 is 9.80 Å². The first kappa shape index (κ1) is 18.1. The first-order chi connectivity index (χ1) is 13.7. The number of nitrogens with zero attached hydrogens (tertiary/aromatic N) is 4. The van der Waals surface area contributed by atoms with Crippen LogP contribution in [0, 0.1) is 11.3 Å². The number of para-hydroxylation sites is 3. The molecular formula is C22H24N5O+. The third-order valence-electron chi connectivity index (χ3n) is 5.42. The maximum Gasteiger partial charge on any atom is 0.169 e. The molecule has 142 valence electrons. The SMILES string of the molecule is Cn1c(/C(C#N)=C(\O)C[NH+]2CCN(c3ccccc3)CC2)nc2ccccc21. The van der Waals surface area contributed by atoms with Crippen LogP contribution in [-0.2, 0) is 7.05 Å². The van der Waals surface area contributed by atoms with Gasteiger partial charge in [-0.15, -0.1) is 0 Å². The molecule has 6 heteroatoms. The number of anilines is 1. The van der Waals surface area contributed by atoms with Crippen LogP contribution in [0.3, 0.4) is 0 Å². The molecule has 2 heterocycles. The van der Waals surface area contributed by atoms with Crippen LogP contribution in [0.1, 0.15) is 5.82 Å². The number of rotatable bonds is 4. The van der Waals surface area contributed by atoms with E-state index in [0.717, 1.165) is 37.2 Å². The number of allylic oxidation sites excluding steroid dienone is 1. The topological polar surface area (TPSA) is 69.5 Å². The number of quaternary nitrogens is 1. The molecule has 1 saturated heterocycles. The highest BCUT2D eigenvalue weighted by Crippen LogP contribution is 2.21. The average molecular weight is 374 g/mol. The van der Waals surface area contributed by atoms with E-state index >= 15 is 0 Å². The molecule has 1 aliphatic rings. The molecule has 0 bridgehead atoms. The molecule has 6 nitrogen and oxygen atoms in total. The average Bonchev–Trinajstić information content (AvgIpc) is 3.06. The maximum absolute atomic E-state index is 10.7. The predicted molar refractivity (Wildman–Crippen MR) is 110 cm³/mol. The van der Waals surface area contributed by atoms with Crippen molar-refractivity contribution in [1.29, 1.82) is 5.26 Å². The van der Waals surface area contributed by atoms with Crippen LogP contribution in [-0.4, -0.2) is 47.4 Å². The number of aryl methyl sites for hydroxylation is 1. The summed E-state index contributed by atoms with van der Waals surface area (Å²) in [5, 5.41) is 20.4. The Bertz CT molecular complexity index is 1040. The Morgan fingerprint density at radius 2 is 1.79 bits per heavy atom. The lowest BCUT2D eigenvalue weighted by atomic mass is 10.2. The van der Waals surface area contributed by atoms with E-state index in [2.05, 4.69) is 40.2 Å². The van der Waals surface area contributed by atoms with E-state index in [-0.39, 0.29) is 11.3 Å². The van der Waals surface area contributed by atoms with E-state index in [1.165, 1.54) is 10.6 Å². The number of hydrogen-bond donors (Lipinski definition) is 2. The Morgan fingerprint density at radius 3 is 2.46 bits per heavy atom. The minimum atomic E-state index is 0.115. The Balaban J connectivity index is 1.50. The first-order valence-corrected chi connectivity index (χ1v) is 9.55. The largest absolute Gasteiger partial charge is 0.506 e.